The number of hydrogen-bond acceptors (Lipinski definition) is 3. The van der Waals surface area contributed by atoms with Gasteiger partial charge in [-0.25, -0.2) is 0 Å². The molecule has 1 aromatic carbocycles. The lowest BCUT2D eigenvalue weighted by molar-refractivity contribution is 0.102. The maximum atomic E-state index is 12.3. The zero-order valence-corrected chi connectivity index (χ0v) is 10.7. The molecule has 94 valence electrons. The van der Waals surface area contributed by atoms with Crippen LogP contribution in [0, 0.1) is 13.8 Å². The van der Waals surface area contributed by atoms with Gasteiger partial charge in [0.05, 0.1) is 11.9 Å². The molecule has 0 saturated carbocycles. The van der Waals surface area contributed by atoms with Gasteiger partial charge in [-0.3, -0.25) is 9.48 Å². The van der Waals surface area contributed by atoms with Crippen molar-refractivity contribution in [1.29, 1.82) is 0 Å². The first-order valence-corrected chi connectivity index (χ1v) is 5.65. The lowest BCUT2D eigenvalue weighted by atomic mass is 10.0. The molecule has 0 bridgehead atoms. The lowest BCUT2D eigenvalue weighted by Gasteiger charge is -2.11. The van der Waals surface area contributed by atoms with E-state index in [1.54, 1.807) is 11.7 Å². The Hall–Kier alpha value is -2.30. The molecule has 3 N–H and O–H groups in total. The summed E-state index contributed by atoms with van der Waals surface area (Å²) in [5, 5.41) is 6.78. The van der Waals surface area contributed by atoms with E-state index in [9.17, 15) is 4.79 Å². The molecule has 1 aromatic heterocycles. The quantitative estimate of drug-likeness (QED) is 0.847. The zero-order valence-electron chi connectivity index (χ0n) is 10.7. The van der Waals surface area contributed by atoms with Crippen LogP contribution >= 0.6 is 0 Å². The van der Waals surface area contributed by atoms with E-state index in [0.29, 0.717) is 17.1 Å². The molecule has 0 aliphatic heterocycles. The Morgan fingerprint density at radius 2 is 1.94 bits per heavy atom. The first-order valence-electron chi connectivity index (χ1n) is 5.65. The number of benzene rings is 1. The predicted octanol–water partition coefficient (Wildman–Crippen LogP) is 1.87. The highest BCUT2D eigenvalue weighted by Gasteiger charge is 2.15. The van der Waals surface area contributed by atoms with Crippen molar-refractivity contribution < 1.29 is 4.79 Å². The summed E-state index contributed by atoms with van der Waals surface area (Å²) < 4.78 is 1.54. The van der Waals surface area contributed by atoms with E-state index in [0.717, 1.165) is 11.1 Å². The molecule has 0 saturated heterocycles. The van der Waals surface area contributed by atoms with Gasteiger partial charge in [0.25, 0.3) is 5.91 Å². The number of rotatable bonds is 2. The highest BCUT2D eigenvalue weighted by atomic mass is 16.1. The zero-order chi connectivity index (χ0) is 13.3. The van der Waals surface area contributed by atoms with E-state index in [-0.39, 0.29) is 5.91 Å². The van der Waals surface area contributed by atoms with Crippen LogP contribution in [0.4, 0.5) is 11.5 Å². The number of aromatic nitrogens is 2. The molecule has 18 heavy (non-hydrogen) atoms. The minimum atomic E-state index is -0.166. The highest BCUT2D eigenvalue weighted by Crippen LogP contribution is 2.19. The largest absolute Gasteiger partial charge is 0.394 e. The predicted molar refractivity (Wildman–Crippen MR) is 71.5 cm³/mol. The molecule has 2 aromatic rings. The minimum absolute atomic E-state index is 0.166. The molecule has 5 nitrogen and oxygen atoms in total. The number of nitrogens with zero attached hydrogens (tertiary/aromatic N) is 2. The fourth-order valence-electron chi connectivity index (χ4n) is 1.95. The van der Waals surface area contributed by atoms with Gasteiger partial charge in [-0.15, -0.1) is 0 Å². The van der Waals surface area contributed by atoms with Gasteiger partial charge in [0.2, 0.25) is 0 Å². The van der Waals surface area contributed by atoms with Crippen LogP contribution in [0.15, 0.2) is 24.4 Å². The number of nitrogens with one attached hydrogen (secondary N) is 1. The molecule has 1 heterocycles. The van der Waals surface area contributed by atoms with Crippen molar-refractivity contribution in [2.24, 2.45) is 7.05 Å². The number of anilines is 2. The molecule has 0 unspecified atom stereocenters. The molecular formula is C13H16N4O. The van der Waals surface area contributed by atoms with Crippen LogP contribution < -0.4 is 11.1 Å². The molecule has 0 fully saturated rings. The Morgan fingerprint density at radius 1 is 1.33 bits per heavy atom. The molecule has 0 aliphatic carbocycles. The monoisotopic (exact) mass is 244 g/mol. The van der Waals surface area contributed by atoms with Crippen LogP contribution in [0.3, 0.4) is 0 Å². The maximum absolute atomic E-state index is 12.3. The number of aryl methyl sites for hydroxylation is 3. The Balaban J connectivity index is 2.34. The second-order valence-electron chi connectivity index (χ2n) is 4.29. The summed E-state index contributed by atoms with van der Waals surface area (Å²) in [5.74, 6) is 0.351. The van der Waals surface area contributed by atoms with E-state index in [1.165, 1.54) is 6.20 Å². The summed E-state index contributed by atoms with van der Waals surface area (Å²) in [6.07, 6.45) is 1.51. The van der Waals surface area contributed by atoms with Crippen molar-refractivity contribution in [3.05, 3.63) is 41.1 Å². The standard InChI is InChI=1S/C13H16N4O/c1-8-5-4-6-9(2)11(8)13(18)16-12-10(14)7-15-17(12)3/h4-7H,14H2,1-3H3,(H,16,18). The van der Waals surface area contributed by atoms with Crippen molar-refractivity contribution in [2.75, 3.05) is 11.1 Å². The van der Waals surface area contributed by atoms with Crippen molar-refractivity contribution in [1.82, 2.24) is 9.78 Å². The van der Waals surface area contributed by atoms with E-state index < -0.39 is 0 Å². The van der Waals surface area contributed by atoms with Gasteiger partial charge in [-0.05, 0) is 25.0 Å². The van der Waals surface area contributed by atoms with Crippen LogP contribution in [0.5, 0.6) is 0 Å². The average Bonchev–Trinajstić information content (AvgIpc) is 2.60. The first-order chi connectivity index (χ1) is 8.50. The Morgan fingerprint density at radius 3 is 2.44 bits per heavy atom. The van der Waals surface area contributed by atoms with E-state index in [1.807, 2.05) is 32.0 Å². The van der Waals surface area contributed by atoms with Gasteiger partial charge in [-0.1, -0.05) is 18.2 Å². The topological polar surface area (TPSA) is 72.9 Å². The number of hydrogen-bond donors (Lipinski definition) is 2. The van der Waals surface area contributed by atoms with Crippen LogP contribution in [0.2, 0.25) is 0 Å². The summed E-state index contributed by atoms with van der Waals surface area (Å²) in [4.78, 5) is 12.3. The van der Waals surface area contributed by atoms with Gasteiger partial charge in [0.1, 0.15) is 0 Å². The summed E-state index contributed by atoms with van der Waals surface area (Å²) in [7, 11) is 1.73. The molecule has 5 heteroatoms. The normalized spacial score (nSPS) is 10.4. The first kappa shape index (κ1) is 12.2. The Labute approximate surface area is 106 Å². The van der Waals surface area contributed by atoms with Gasteiger partial charge in [0.15, 0.2) is 5.82 Å². The molecule has 0 spiro atoms. The number of nitrogen functional groups attached to an aromatic ring is 1. The third-order valence-electron chi connectivity index (χ3n) is 2.91. The van der Waals surface area contributed by atoms with Crippen molar-refractivity contribution in [3.63, 3.8) is 0 Å². The van der Waals surface area contributed by atoms with Crippen LogP contribution in [0.25, 0.3) is 0 Å². The van der Waals surface area contributed by atoms with Crippen LogP contribution in [-0.2, 0) is 7.05 Å². The van der Waals surface area contributed by atoms with E-state index >= 15 is 0 Å². The van der Waals surface area contributed by atoms with Crippen LogP contribution in [-0.4, -0.2) is 15.7 Å². The molecule has 1 amide bonds. The summed E-state index contributed by atoms with van der Waals surface area (Å²) >= 11 is 0. The van der Waals surface area contributed by atoms with E-state index in [4.69, 9.17) is 5.73 Å². The summed E-state index contributed by atoms with van der Waals surface area (Å²) in [6.45, 7) is 3.82. The second-order valence-corrected chi connectivity index (χ2v) is 4.29. The second kappa shape index (κ2) is 4.52. The van der Waals surface area contributed by atoms with Crippen LogP contribution in [0.1, 0.15) is 21.5 Å². The SMILES string of the molecule is Cc1cccc(C)c1C(=O)Nc1c(N)cnn1C. The molecule has 2 rings (SSSR count). The van der Waals surface area contributed by atoms with Crippen molar-refractivity contribution in [3.8, 4) is 0 Å². The third kappa shape index (κ3) is 2.07. The molecular weight excluding hydrogens is 228 g/mol. The number of carbonyl (C=O) groups excluding carboxylic acids is 1. The van der Waals surface area contributed by atoms with Crippen molar-refractivity contribution in [2.45, 2.75) is 13.8 Å². The molecule has 0 radical (unpaired) electrons. The minimum Gasteiger partial charge on any atom is -0.394 e. The maximum Gasteiger partial charge on any atom is 0.257 e. The fraction of sp³-hybridized carbons (Fsp3) is 0.231. The summed E-state index contributed by atoms with van der Waals surface area (Å²) in [6, 6.07) is 5.75. The lowest BCUT2D eigenvalue weighted by Crippen LogP contribution is -2.17. The smallest absolute Gasteiger partial charge is 0.257 e. The number of carbonyl (C=O) groups is 1. The van der Waals surface area contributed by atoms with Gasteiger partial charge >= 0.3 is 0 Å². The molecule has 0 aliphatic rings. The van der Waals surface area contributed by atoms with Gasteiger partial charge < -0.3 is 11.1 Å². The van der Waals surface area contributed by atoms with E-state index in [2.05, 4.69) is 10.4 Å². The van der Waals surface area contributed by atoms with Gasteiger partial charge in [-0.2, -0.15) is 5.10 Å². The fourth-order valence-corrected chi connectivity index (χ4v) is 1.95. The van der Waals surface area contributed by atoms with Crippen molar-refractivity contribution >= 4 is 17.4 Å². The Kier molecular flexibility index (Phi) is 3.06. The number of nitrogens with two attached hydrogens (primary N) is 1. The highest BCUT2D eigenvalue weighted by molar-refractivity contribution is 6.07. The average molecular weight is 244 g/mol. The Bertz CT molecular complexity index is 561. The third-order valence-corrected chi connectivity index (χ3v) is 2.91. The summed E-state index contributed by atoms with van der Waals surface area (Å²) in [5.41, 5.74) is 8.76. The number of amides is 1. The molecule has 0 atom stereocenters. The van der Waals surface area contributed by atoms with Gasteiger partial charge in [0, 0.05) is 12.6 Å².